The number of unbranched alkanes of at least 4 members (excludes halogenated alkanes) is 1. The number of aliphatic hydroxyl groups is 1. The number of nitrogens with zero attached hydrogens (tertiary/aromatic N) is 3. The van der Waals surface area contributed by atoms with Gasteiger partial charge in [-0.15, -0.1) is 5.10 Å². The Morgan fingerprint density at radius 2 is 2.19 bits per heavy atom. The Kier molecular flexibility index (Phi) is 3.19. The first-order valence-electron chi connectivity index (χ1n) is 5.51. The molecule has 0 saturated heterocycles. The van der Waals surface area contributed by atoms with Crippen LogP contribution in [-0.4, -0.2) is 37.8 Å². The van der Waals surface area contributed by atoms with Crippen molar-refractivity contribution in [3.05, 3.63) is 11.4 Å². The summed E-state index contributed by atoms with van der Waals surface area (Å²) < 4.78 is 1.68. The van der Waals surface area contributed by atoms with Crippen molar-refractivity contribution in [2.75, 3.05) is 6.61 Å². The van der Waals surface area contributed by atoms with Crippen LogP contribution in [-0.2, 0) is 6.54 Å². The van der Waals surface area contributed by atoms with Gasteiger partial charge >= 0.3 is 5.97 Å². The topological polar surface area (TPSA) is 88.2 Å². The Morgan fingerprint density at radius 1 is 1.44 bits per heavy atom. The molecule has 2 N–H and O–H groups in total. The van der Waals surface area contributed by atoms with Crippen LogP contribution in [0.15, 0.2) is 0 Å². The monoisotopic (exact) mass is 225 g/mol. The Morgan fingerprint density at radius 3 is 2.75 bits per heavy atom. The molecule has 0 unspecified atom stereocenters. The third kappa shape index (κ3) is 2.21. The van der Waals surface area contributed by atoms with Gasteiger partial charge in [0, 0.05) is 19.1 Å². The fourth-order valence-electron chi connectivity index (χ4n) is 1.77. The molecule has 0 spiro atoms. The maximum absolute atomic E-state index is 10.9. The van der Waals surface area contributed by atoms with Gasteiger partial charge in [0.15, 0.2) is 5.69 Å². The summed E-state index contributed by atoms with van der Waals surface area (Å²) >= 11 is 0. The molecular formula is C10H15N3O3. The number of carboxylic acids is 1. The maximum atomic E-state index is 10.9. The Labute approximate surface area is 92.9 Å². The smallest absolute Gasteiger partial charge is 0.358 e. The zero-order chi connectivity index (χ0) is 11.5. The van der Waals surface area contributed by atoms with Crippen molar-refractivity contribution in [3.63, 3.8) is 0 Å². The molecule has 0 aliphatic heterocycles. The maximum Gasteiger partial charge on any atom is 0.358 e. The summed E-state index contributed by atoms with van der Waals surface area (Å²) in [6.07, 6.45) is 3.53. The number of hydrogen-bond donors (Lipinski definition) is 2. The normalized spacial score (nSPS) is 15.3. The van der Waals surface area contributed by atoms with Crippen LogP contribution >= 0.6 is 0 Å². The fraction of sp³-hybridized carbons (Fsp3) is 0.700. The van der Waals surface area contributed by atoms with Crippen LogP contribution in [0.1, 0.15) is 47.8 Å². The fourth-order valence-corrected chi connectivity index (χ4v) is 1.77. The predicted octanol–water partition coefficient (Wildman–Crippen LogP) is 0.626. The molecule has 0 bridgehead atoms. The van der Waals surface area contributed by atoms with Crippen LogP contribution in [0.3, 0.4) is 0 Å². The SMILES string of the molecule is O=C(O)c1nnn(CCCCO)c1C1CC1. The largest absolute Gasteiger partial charge is 0.476 e. The molecule has 1 aliphatic carbocycles. The molecule has 0 atom stereocenters. The lowest BCUT2D eigenvalue weighted by atomic mass is 10.2. The Balaban J connectivity index is 2.14. The van der Waals surface area contributed by atoms with E-state index in [0.717, 1.165) is 25.0 Å². The number of hydrogen-bond acceptors (Lipinski definition) is 4. The van der Waals surface area contributed by atoms with Crippen molar-refractivity contribution in [3.8, 4) is 0 Å². The van der Waals surface area contributed by atoms with E-state index in [1.54, 1.807) is 4.68 Å². The number of carboxylic acid groups (broad SMARTS) is 1. The second kappa shape index (κ2) is 4.61. The molecule has 0 aromatic carbocycles. The summed E-state index contributed by atoms with van der Waals surface area (Å²) in [5.41, 5.74) is 0.844. The lowest BCUT2D eigenvalue weighted by Gasteiger charge is -2.04. The van der Waals surface area contributed by atoms with Crippen LogP contribution in [0.4, 0.5) is 0 Å². The van der Waals surface area contributed by atoms with Crippen LogP contribution < -0.4 is 0 Å². The Bertz CT molecular complexity index is 385. The molecule has 0 amide bonds. The van der Waals surface area contributed by atoms with Crippen molar-refractivity contribution in [1.29, 1.82) is 0 Å². The summed E-state index contributed by atoms with van der Waals surface area (Å²) in [6.45, 7) is 0.784. The standard InChI is InChI=1S/C10H15N3O3/c14-6-2-1-5-13-9(7-3-4-7)8(10(15)16)11-12-13/h7,14H,1-6H2,(H,15,16). The van der Waals surface area contributed by atoms with Crippen LogP contribution in [0, 0.1) is 0 Å². The first-order chi connectivity index (χ1) is 7.74. The second-order valence-electron chi connectivity index (χ2n) is 4.06. The van der Waals surface area contributed by atoms with E-state index in [1.165, 1.54) is 0 Å². The number of aryl methyl sites for hydroxylation is 1. The average Bonchev–Trinajstić information content (AvgIpc) is 3.00. The van der Waals surface area contributed by atoms with Crippen molar-refractivity contribution in [2.45, 2.75) is 38.1 Å². The highest BCUT2D eigenvalue weighted by molar-refractivity contribution is 5.86. The van der Waals surface area contributed by atoms with Gasteiger partial charge in [0.05, 0.1) is 5.69 Å². The molecule has 1 fully saturated rings. The lowest BCUT2D eigenvalue weighted by Crippen LogP contribution is -2.08. The molecule has 1 aromatic rings. The minimum Gasteiger partial charge on any atom is -0.476 e. The number of rotatable bonds is 6. The number of carbonyl (C=O) groups is 1. The molecular weight excluding hydrogens is 210 g/mol. The van der Waals surface area contributed by atoms with Gasteiger partial charge in [0.25, 0.3) is 0 Å². The molecule has 2 rings (SSSR count). The van der Waals surface area contributed by atoms with Crippen molar-refractivity contribution in [1.82, 2.24) is 15.0 Å². The quantitative estimate of drug-likeness (QED) is 0.693. The molecule has 16 heavy (non-hydrogen) atoms. The van der Waals surface area contributed by atoms with Gasteiger partial charge in [-0.05, 0) is 25.7 Å². The molecule has 6 heteroatoms. The second-order valence-corrected chi connectivity index (χ2v) is 4.06. The molecule has 1 aromatic heterocycles. The summed E-state index contributed by atoms with van der Waals surface area (Å²) in [7, 11) is 0. The van der Waals surface area contributed by atoms with E-state index in [2.05, 4.69) is 10.3 Å². The van der Waals surface area contributed by atoms with E-state index < -0.39 is 5.97 Å². The van der Waals surface area contributed by atoms with E-state index in [4.69, 9.17) is 10.2 Å². The molecule has 1 saturated carbocycles. The van der Waals surface area contributed by atoms with Gasteiger partial charge in [-0.3, -0.25) is 0 Å². The first-order valence-corrected chi connectivity index (χ1v) is 5.51. The van der Waals surface area contributed by atoms with Gasteiger partial charge in [0.1, 0.15) is 0 Å². The van der Waals surface area contributed by atoms with Crippen molar-refractivity contribution < 1.29 is 15.0 Å². The minimum absolute atomic E-state index is 0.0894. The summed E-state index contributed by atoms with van der Waals surface area (Å²) in [5.74, 6) is -0.689. The van der Waals surface area contributed by atoms with E-state index in [1.807, 2.05) is 0 Å². The van der Waals surface area contributed by atoms with Crippen LogP contribution in [0.5, 0.6) is 0 Å². The van der Waals surface area contributed by atoms with E-state index in [0.29, 0.717) is 18.9 Å². The van der Waals surface area contributed by atoms with Crippen LogP contribution in [0.2, 0.25) is 0 Å². The number of aliphatic hydroxyl groups excluding tert-OH is 1. The predicted molar refractivity (Wildman–Crippen MR) is 55.3 cm³/mol. The zero-order valence-electron chi connectivity index (χ0n) is 8.96. The lowest BCUT2D eigenvalue weighted by molar-refractivity contribution is 0.0689. The van der Waals surface area contributed by atoms with Crippen molar-refractivity contribution >= 4 is 5.97 Å². The van der Waals surface area contributed by atoms with E-state index in [-0.39, 0.29) is 12.3 Å². The van der Waals surface area contributed by atoms with E-state index >= 15 is 0 Å². The first kappa shape index (κ1) is 11.1. The summed E-state index contributed by atoms with van der Waals surface area (Å²) in [4.78, 5) is 10.9. The third-order valence-electron chi connectivity index (χ3n) is 2.72. The highest BCUT2D eigenvalue weighted by Gasteiger charge is 2.33. The van der Waals surface area contributed by atoms with Crippen molar-refractivity contribution in [2.24, 2.45) is 0 Å². The highest BCUT2D eigenvalue weighted by atomic mass is 16.4. The molecule has 0 radical (unpaired) electrons. The van der Waals surface area contributed by atoms with Crippen LogP contribution in [0.25, 0.3) is 0 Å². The minimum atomic E-state index is -1.00. The Hall–Kier alpha value is -1.43. The highest BCUT2D eigenvalue weighted by Crippen LogP contribution is 2.41. The van der Waals surface area contributed by atoms with E-state index in [9.17, 15) is 4.79 Å². The zero-order valence-corrected chi connectivity index (χ0v) is 8.96. The molecule has 1 heterocycles. The van der Waals surface area contributed by atoms with Gasteiger partial charge in [0.2, 0.25) is 0 Å². The van der Waals surface area contributed by atoms with Gasteiger partial charge in [-0.1, -0.05) is 5.21 Å². The van der Waals surface area contributed by atoms with Gasteiger partial charge < -0.3 is 10.2 Å². The molecule has 88 valence electrons. The van der Waals surface area contributed by atoms with Gasteiger partial charge in [-0.2, -0.15) is 0 Å². The van der Waals surface area contributed by atoms with Gasteiger partial charge in [-0.25, -0.2) is 9.48 Å². The number of aromatic carboxylic acids is 1. The molecule has 1 aliphatic rings. The number of aromatic nitrogens is 3. The summed E-state index contributed by atoms with van der Waals surface area (Å²) in [6, 6.07) is 0. The molecule has 6 nitrogen and oxygen atoms in total. The summed E-state index contributed by atoms with van der Waals surface area (Å²) in [5, 5.41) is 25.2. The average molecular weight is 225 g/mol. The third-order valence-corrected chi connectivity index (χ3v) is 2.72.